The standard InChI is InChI=1S/C24H21N5O4/c25-12-16-19(15-5-2-1-3-6-15)20-21(27-22(16)30)28-24(29-23(20)31)26-13-14-7-8-17-18(11-14)33-10-4-9-32-17/h1-3,5-8,11,16,19H,4,9-10,13H2,(H3,26,27,28,29,30,31). The van der Waals surface area contributed by atoms with E-state index < -0.39 is 23.3 Å². The summed E-state index contributed by atoms with van der Waals surface area (Å²) in [4.78, 5) is 32.8. The van der Waals surface area contributed by atoms with Crippen molar-refractivity contribution in [1.82, 2.24) is 9.97 Å². The number of ether oxygens (including phenoxy) is 2. The van der Waals surface area contributed by atoms with Gasteiger partial charge in [-0.05, 0) is 23.3 Å². The number of carbonyl (C=O) groups excluding carboxylic acids is 1. The molecule has 0 fully saturated rings. The topological polar surface area (TPSA) is 129 Å². The van der Waals surface area contributed by atoms with Crippen LogP contribution in [0, 0.1) is 17.2 Å². The Bertz CT molecular complexity index is 1300. The van der Waals surface area contributed by atoms with Gasteiger partial charge in [-0.15, -0.1) is 0 Å². The van der Waals surface area contributed by atoms with Crippen LogP contribution in [-0.2, 0) is 11.3 Å². The van der Waals surface area contributed by atoms with E-state index in [4.69, 9.17) is 9.47 Å². The Hall–Kier alpha value is -4.32. The van der Waals surface area contributed by atoms with Crippen molar-refractivity contribution in [3.8, 4) is 17.6 Å². The monoisotopic (exact) mass is 443 g/mol. The maximum atomic E-state index is 13.0. The van der Waals surface area contributed by atoms with Gasteiger partial charge in [0.05, 0.1) is 24.8 Å². The summed E-state index contributed by atoms with van der Waals surface area (Å²) in [7, 11) is 0. The van der Waals surface area contributed by atoms with Gasteiger partial charge in [-0.2, -0.15) is 10.2 Å². The molecule has 2 aromatic carbocycles. The summed E-state index contributed by atoms with van der Waals surface area (Å²) in [5.74, 6) is -0.447. The predicted molar refractivity (Wildman–Crippen MR) is 120 cm³/mol. The maximum absolute atomic E-state index is 13.0. The average Bonchev–Trinajstić information content (AvgIpc) is 3.07. The number of hydrogen-bond donors (Lipinski definition) is 3. The highest BCUT2D eigenvalue weighted by Gasteiger charge is 2.40. The molecule has 3 aromatic rings. The lowest BCUT2D eigenvalue weighted by molar-refractivity contribution is -0.119. The Kier molecular flexibility index (Phi) is 5.40. The summed E-state index contributed by atoms with van der Waals surface area (Å²) in [6, 6.07) is 16.7. The molecule has 0 aliphatic carbocycles. The van der Waals surface area contributed by atoms with Crippen LogP contribution in [0.3, 0.4) is 0 Å². The molecule has 9 nitrogen and oxygen atoms in total. The van der Waals surface area contributed by atoms with Crippen LogP contribution in [0.25, 0.3) is 0 Å². The fourth-order valence-corrected chi connectivity index (χ4v) is 4.12. The molecule has 2 atom stereocenters. The normalized spacial score (nSPS) is 18.9. The molecule has 0 spiro atoms. The first-order chi connectivity index (χ1) is 16.1. The highest BCUT2D eigenvalue weighted by molar-refractivity contribution is 5.97. The number of amides is 1. The van der Waals surface area contributed by atoms with Gasteiger partial charge in [-0.3, -0.25) is 14.6 Å². The lowest BCUT2D eigenvalue weighted by atomic mass is 9.79. The van der Waals surface area contributed by atoms with Gasteiger partial charge in [0.2, 0.25) is 11.9 Å². The summed E-state index contributed by atoms with van der Waals surface area (Å²) in [6.45, 7) is 1.58. The van der Waals surface area contributed by atoms with E-state index in [-0.39, 0.29) is 17.3 Å². The number of benzene rings is 2. The van der Waals surface area contributed by atoms with Crippen molar-refractivity contribution in [2.24, 2.45) is 5.92 Å². The van der Waals surface area contributed by atoms with Crippen LogP contribution in [0.15, 0.2) is 53.3 Å². The number of carbonyl (C=O) groups is 1. The number of nitrogens with one attached hydrogen (secondary N) is 3. The van der Waals surface area contributed by atoms with E-state index >= 15 is 0 Å². The van der Waals surface area contributed by atoms with E-state index in [1.807, 2.05) is 42.5 Å². The van der Waals surface area contributed by atoms with Crippen LogP contribution in [0.4, 0.5) is 11.8 Å². The predicted octanol–water partition coefficient (Wildman–Crippen LogP) is 2.77. The average molecular weight is 443 g/mol. The van der Waals surface area contributed by atoms with E-state index in [0.29, 0.717) is 36.8 Å². The molecule has 3 N–H and O–H groups in total. The number of hydrogen-bond acceptors (Lipinski definition) is 7. The van der Waals surface area contributed by atoms with Crippen LogP contribution >= 0.6 is 0 Å². The van der Waals surface area contributed by atoms with Gasteiger partial charge in [0.25, 0.3) is 5.56 Å². The maximum Gasteiger partial charge on any atom is 0.258 e. The molecule has 0 saturated heterocycles. The third kappa shape index (κ3) is 3.99. The van der Waals surface area contributed by atoms with Gasteiger partial charge in [-0.1, -0.05) is 36.4 Å². The first-order valence-corrected chi connectivity index (χ1v) is 10.7. The van der Waals surface area contributed by atoms with Gasteiger partial charge in [0.15, 0.2) is 11.5 Å². The Morgan fingerprint density at radius 1 is 1.09 bits per heavy atom. The van der Waals surface area contributed by atoms with Crippen molar-refractivity contribution >= 4 is 17.7 Å². The van der Waals surface area contributed by atoms with Crippen LogP contribution in [0.1, 0.15) is 29.0 Å². The number of H-pyrrole nitrogens is 1. The van der Waals surface area contributed by atoms with E-state index in [1.165, 1.54) is 0 Å². The molecule has 33 heavy (non-hydrogen) atoms. The van der Waals surface area contributed by atoms with E-state index in [2.05, 4.69) is 20.6 Å². The van der Waals surface area contributed by atoms with E-state index in [9.17, 15) is 14.9 Å². The Balaban J connectivity index is 1.43. The zero-order chi connectivity index (χ0) is 22.8. The molecule has 0 radical (unpaired) electrons. The third-order valence-corrected chi connectivity index (χ3v) is 5.69. The Morgan fingerprint density at radius 3 is 2.67 bits per heavy atom. The summed E-state index contributed by atoms with van der Waals surface area (Å²) in [6.07, 6.45) is 0.824. The van der Waals surface area contributed by atoms with Crippen molar-refractivity contribution in [3.63, 3.8) is 0 Å². The number of aromatic amines is 1. The first kappa shape index (κ1) is 20.6. The van der Waals surface area contributed by atoms with Crippen molar-refractivity contribution in [3.05, 3.63) is 75.6 Å². The molecule has 0 bridgehead atoms. The second-order valence-corrected chi connectivity index (χ2v) is 7.85. The molecule has 1 amide bonds. The first-order valence-electron chi connectivity index (χ1n) is 10.7. The number of anilines is 2. The van der Waals surface area contributed by atoms with Crippen molar-refractivity contribution in [2.75, 3.05) is 23.8 Å². The summed E-state index contributed by atoms with van der Waals surface area (Å²) >= 11 is 0. The van der Waals surface area contributed by atoms with E-state index in [1.54, 1.807) is 12.1 Å². The highest BCUT2D eigenvalue weighted by Crippen LogP contribution is 2.38. The smallest absolute Gasteiger partial charge is 0.258 e. The second kappa shape index (κ2) is 8.67. The molecule has 2 unspecified atom stereocenters. The molecular weight excluding hydrogens is 422 g/mol. The zero-order valence-electron chi connectivity index (χ0n) is 17.6. The van der Waals surface area contributed by atoms with Crippen molar-refractivity contribution in [2.45, 2.75) is 18.9 Å². The Labute approximate surface area is 189 Å². The van der Waals surface area contributed by atoms with Crippen LogP contribution in [0.5, 0.6) is 11.5 Å². The van der Waals surface area contributed by atoms with Crippen LogP contribution in [-0.4, -0.2) is 29.1 Å². The van der Waals surface area contributed by atoms with Crippen molar-refractivity contribution in [1.29, 1.82) is 5.26 Å². The summed E-state index contributed by atoms with van der Waals surface area (Å²) in [5.41, 5.74) is 1.49. The van der Waals surface area contributed by atoms with Gasteiger partial charge in [0, 0.05) is 18.9 Å². The van der Waals surface area contributed by atoms with Crippen molar-refractivity contribution < 1.29 is 14.3 Å². The second-order valence-electron chi connectivity index (χ2n) is 7.85. The lowest BCUT2D eigenvalue weighted by Gasteiger charge is -2.28. The Morgan fingerprint density at radius 2 is 1.88 bits per heavy atom. The lowest BCUT2D eigenvalue weighted by Crippen LogP contribution is -2.38. The van der Waals surface area contributed by atoms with E-state index in [0.717, 1.165) is 12.0 Å². The minimum Gasteiger partial charge on any atom is -0.490 e. The molecular formula is C24H21N5O4. The fourth-order valence-electron chi connectivity index (χ4n) is 4.12. The summed E-state index contributed by atoms with van der Waals surface area (Å²) in [5, 5.41) is 15.3. The minimum absolute atomic E-state index is 0.158. The SMILES string of the molecule is N#CC1C(=O)Nc2nc(NCc3ccc4c(c3)OCCCO4)[nH]c(=O)c2C1c1ccccc1. The summed E-state index contributed by atoms with van der Waals surface area (Å²) < 4.78 is 11.4. The zero-order valence-corrected chi connectivity index (χ0v) is 17.6. The van der Waals surface area contributed by atoms with Crippen LogP contribution < -0.4 is 25.7 Å². The molecule has 2 aliphatic heterocycles. The molecule has 9 heteroatoms. The van der Waals surface area contributed by atoms with Gasteiger partial charge >= 0.3 is 0 Å². The number of nitriles is 1. The third-order valence-electron chi connectivity index (χ3n) is 5.69. The quantitative estimate of drug-likeness (QED) is 0.565. The fraction of sp³-hybridized carbons (Fsp3) is 0.250. The number of rotatable bonds is 4. The van der Waals surface area contributed by atoms with Gasteiger partial charge in [0.1, 0.15) is 11.7 Å². The molecule has 1 aromatic heterocycles. The number of nitrogens with zero attached hydrogens (tertiary/aromatic N) is 2. The van der Waals surface area contributed by atoms with Crippen LogP contribution in [0.2, 0.25) is 0 Å². The molecule has 3 heterocycles. The number of fused-ring (bicyclic) bond motifs is 2. The number of aromatic nitrogens is 2. The molecule has 5 rings (SSSR count). The largest absolute Gasteiger partial charge is 0.490 e. The molecule has 2 aliphatic rings. The van der Waals surface area contributed by atoms with Gasteiger partial charge in [-0.25, -0.2) is 0 Å². The molecule has 0 saturated carbocycles. The minimum atomic E-state index is -1.02. The molecule has 166 valence electrons. The van der Waals surface area contributed by atoms with Gasteiger partial charge < -0.3 is 20.1 Å². The highest BCUT2D eigenvalue weighted by atomic mass is 16.5.